The lowest BCUT2D eigenvalue weighted by atomic mass is 10.00. The molecule has 0 fully saturated rings. The molecule has 25 heavy (non-hydrogen) atoms. The fourth-order valence-corrected chi connectivity index (χ4v) is 5.62. The number of benzene rings is 1. The minimum atomic E-state index is 0.0418. The average molecular weight is 372 g/mol. The summed E-state index contributed by atoms with van der Waals surface area (Å²) in [7, 11) is 3.86. The van der Waals surface area contributed by atoms with Crippen LogP contribution in [0.2, 0.25) is 0 Å². The lowest BCUT2D eigenvalue weighted by Gasteiger charge is -2.28. The van der Waals surface area contributed by atoms with Crippen LogP contribution in [-0.4, -0.2) is 28.4 Å². The number of thioether (sulfide) groups is 1. The van der Waals surface area contributed by atoms with E-state index in [1.807, 2.05) is 61.1 Å². The molecule has 0 saturated heterocycles. The van der Waals surface area contributed by atoms with Gasteiger partial charge in [-0.3, -0.25) is 4.79 Å². The van der Waals surface area contributed by atoms with Crippen molar-refractivity contribution in [1.29, 1.82) is 0 Å². The van der Waals surface area contributed by atoms with Crippen molar-refractivity contribution in [1.82, 2.24) is 9.55 Å². The number of thiophene rings is 1. The molecule has 0 bridgehead atoms. The van der Waals surface area contributed by atoms with E-state index >= 15 is 0 Å². The van der Waals surface area contributed by atoms with Crippen LogP contribution in [0.3, 0.4) is 0 Å². The Morgan fingerprint density at radius 2 is 1.92 bits per heavy atom. The third kappa shape index (κ3) is 2.77. The molecule has 130 valence electrons. The summed E-state index contributed by atoms with van der Waals surface area (Å²) in [5.41, 5.74) is 2.10. The SMILES string of the molecule is CN(C)c1nc2sc3c(c2c(=O)n1-c1ccccc1)CC(C)(C)SC3. The molecule has 0 N–H and O–H groups in total. The Morgan fingerprint density at radius 3 is 2.60 bits per heavy atom. The molecule has 1 aromatic carbocycles. The van der Waals surface area contributed by atoms with Gasteiger partial charge in [-0.25, -0.2) is 9.55 Å². The van der Waals surface area contributed by atoms with Crippen LogP contribution in [0.15, 0.2) is 35.1 Å². The highest BCUT2D eigenvalue weighted by Crippen LogP contribution is 2.44. The maximum absolute atomic E-state index is 13.5. The zero-order valence-corrected chi connectivity index (χ0v) is 16.5. The van der Waals surface area contributed by atoms with Crippen LogP contribution < -0.4 is 10.5 Å². The largest absolute Gasteiger partial charge is 0.348 e. The van der Waals surface area contributed by atoms with Crippen LogP contribution in [0.1, 0.15) is 24.3 Å². The van der Waals surface area contributed by atoms with Crippen LogP contribution >= 0.6 is 23.1 Å². The van der Waals surface area contributed by atoms with Gasteiger partial charge in [0.1, 0.15) is 4.83 Å². The van der Waals surface area contributed by atoms with Gasteiger partial charge in [-0.1, -0.05) is 32.0 Å². The first kappa shape index (κ1) is 16.7. The van der Waals surface area contributed by atoms with E-state index in [2.05, 4.69) is 13.8 Å². The van der Waals surface area contributed by atoms with E-state index in [9.17, 15) is 4.79 Å². The molecule has 4 rings (SSSR count). The summed E-state index contributed by atoms with van der Waals surface area (Å²) in [6.45, 7) is 4.50. The smallest absolute Gasteiger partial charge is 0.268 e. The Labute approximate surface area is 155 Å². The van der Waals surface area contributed by atoms with E-state index in [0.717, 1.165) is 28.1 Å². The number of rotatable bonds is 2. The fourth-order valence-electron chi connectivity index (χ4n) is 3.29. The maximum Gasteiger partial charge on any atom is 0.268 e. The average Bonchev–Trinajstić information content (AvgIpc) is 2.92. The van der Waals surface area contributed by atoms with E-state index in [0.29, 0.717) is 5.95 Å². The monoisotopic (exact) mass is 371 g/mol. The standard InChI is InChI=1S/C19H21N3OS2/c1-19(2)10-13-14(11-24-19)25-16-15(13)17(23)22(18(20-16)21(3)4)12-8-6-5-7-9-12/h5-9H,10-11H2,1-4H3. The first-order valence-electron chi connectivity index (χ1n) is 8.31. The summed E-state index contributed by atoms with van der Waals surface area (Å²) in [4.78, 5) is 22.4. The van der Waals surface area contributed by atoms with Gasteiger partial charge in [-0.2, -0.15) is 0 Å². The molecule has 0 saturated carbocycles. The minimum absolute atomic E-state index is 0.0418. The highest BCUT2D eigenvalue weighted by molar-refractivity contribution is 8.00. The van der Waals surface area contributed by atoms with Gasteiger partial charge in [0.15, 0.2) is 0 Å². The molecule has 2 aromatic heterocycles. The van der Waals surface area contributed by atoms with Crippen LogP contribution in [0.5, 0.6) is 0 Å². The van der Waals surface area contributed by atoms with Crippen LogP contribution in [0.4, 0.5) is 5.95 Å². The summed E-state index contributed by atoms with van der Waals surface area (Å²) in [6, 6.07) is 9.78. The molecule has 3 aromatic rings. The van der Waals surface area contributed by atoms with Crippen LogP contribution in [-0.2, 0) is 12.2 Å². The minimum Gasteiger partial charge on any atom is -0.348 e. The molecule has 6 heteroatoms. The van der Waals surface area contributed by atoms with Crippen molar-refractivity contribution >= 4 is 39.3 Å². The number of fused-ring (bicyclic) bond motifs is 3. The predicted molar refractivity (Wildman–Crippen MR) is 109 cm³/mol. The zero-order chi connectivity index (χ0) is 17.8. The first-order valence-corrected chi connectivity index (χ1v) is 10.1. The van der Waals surface area contributed by atoms with Crippen LogP contribution in [0.25, 0.3) is 15.9 Å². The van der Waals surface area contributed by atoms with E-state index in [4.69, 9.17) is 4.98 Å². The van der Waals surface area contributed by atoms with Crippen molar-refractivity contribution < 1.29 is 0 Å². The second-order valence-corrected chi connectivity index (χ2v) is 9.96. The molecule has 0 atom stereocenters. The summed E-state index contributed by atoms with van der Waals surface area (Å²) in [5.74, 6) is 1.64. The van der Waals surface area contributed by atoms with Crippen molar-refractivity contribution in [3.05, 3.63) is 51.1 Å². The normalized spacial score (nSPS) is 16.0. The van der Waals surface area contributed by atoms with Crippen LogP contribution in [0, 0.1) is 0 Å². The van der Waals surface area contributed by atoms with E-state index in [-0.39, 0.29) is 10.3 Å². The van der Waals surface area contributed by atoms with Gasteiger partial charge >= 0.3 is 0 Å². The Morgan fingerprint density at radius 1 is 1.20 bits per heavy atom. The van der Waals surface area contributed by atoms with E-state index in [1.54, 1.807) is 15.9 Å². The number of aromatic nitrogens is 2. The topological polar surface area (TPSA) is 38.1 Å². The molecule has 0 radical (unpaired) electrons. The van der Waals surface area contributed by atoms with Gasteiger partial charge in [0.25, 0.3) is 5.56 Å². The summed E-state index contributed by atoms with van der Waals surface area (Å²) in [5, 5.41) is 0.808. The molecule has 3 heterocycles. The highest BCUT2D eigenvalue weighted by atomic mass is 32.2. The lowest BCUT2D eigenvalue weighted by molar-refractivity contribution is 0.699. The second kappa shape index (κ2) is 5.88. The molecule has 0 unspecified atom stereocenters. The quantitative estimate of drug-likeness (QED) is 0.680. The molecule has 4 nitrogen and oxygen atoms in total. The van der Waals surface area contributed by atoms with Crippen molar-refractivity contribution in [2.24, 2.45) is 0 Å². The molecule has 1 aliphatic rings. The third-order valence-corrected chi connectivity index (χ3v) is 7.17. The first-order chi connectivity index (χ1) is 11.9. The number of para-hydroxylation sites is 1. The van der Waals surface area contributed by atoms with Gasteiger partial charge in [-0.05, 0) is 24.1 Å². The Hall–Kier alpha value is -1.79. The summed E-state index contributed by atoms with van der Waals surface area (Å²) >= 11 is 3.64. The van der Waals surface area contributed by atoms with E-state index < -0.39 is 0 Å². The Bertz CT molecular complexity index is 1000. The van der Waals surface area contributed by atoms with Gasteiger partial charge in [0.05, 0.1) is 11.1 Å². The number of anilines is 1. The molecule has 0 aliphatic carbocycles. The van der Waals surface area contributed by atoms with Crippen molar-refractivity contribution in [2.45, 2.75) is 30.8 Å². The number of hydrogen-bond donors (Lipinski definition) is 0. The maximum atomic E-state index is 13.5. The van der Waals surface area contributed by atoms with Gasteiger partial charge in [0.2, 0.25) is 5.95 Å². The van der Waals surface area contributed by atoms with Gasteiger partial charge in [0, 0.05) is 29.5 Å². The Balaban J connectivity index is 2.06. The number of hydrogen-bond acceptors (Lipinski definition) is 5. The van der Waals surface area contributed by atoms with E-state index in [1.165, 1.54) is 10.4 Å². The number of nitrogens with zero attached hydrogens (tertiary/aromatic N) is 3. The second-order valence-electron chi connectivity index (χ2n) is 7.19. The third-order valence-electron chi connectivity index (χ3n) is 4.50. The van der Waals surface area contributed by atoms with Gasteiger partial charge in [-0.15, -0.1) is 23.1 Å². The summed E-state index contributed by atoms with van der Waals surface area (Å²) < 4.78 is 1.90. The highest BCUT2D eigenvalue weighted by Gasteiger charge is 2.31. The Kier molecular flexibility index (Phi) is 3.92. The summed E-state index contributed by atoms with van der Waals surface area (Å²) in [6.07, 6.45) is 0.917. The molecular weight excluding hydrogens is 350 g/mol. The molecule has 0 amide bonds. The molecule has 0 spiro atoms. The fraction of sp³-hybridized carbons (Fsp3) is 0.368. The predicted octanol–water partition coefficient (Wildman–Crippen LogP) is 4.08. The lowest BCUT2D eigenvalue weighted by Crippen LogP contribution is -2.28. The van der Waals surface area contributed by atoms with Crippen molar-refractivity contribution in [3.8, 4) is 5.69 Å². The molecule has 1 aliphatic heterocycles. The van der Waals surface area contributed by atoms with Crippen molar-refractivity contribution in [2.75, 3.05) is 19.0 Å². The van der Waals surface area contributed by atoms with Gasteiger partial charge < -0.3 is 4.90 Å². The molecular formula is C19H21N3OS2. The zero-order valence-electron chi connectivity index (χ0n) is 14.9. The van der Waals surface area contributed by atoms with Crippen molar-refractivity contribution in [3.63, 3.8) is 0 Å².